The Labute approximate surface area is 171 Å². The lowest BCUT2D eigenvalue weighted by molar-refractivity contribution is -0.120. The Morgan fingerprint density at radius 1 is 1.24 bits per heavy atom. The molecule has 150 valence electrons. The number of ether oxygens (including phenoxy) is 2. The fraction of sp³-hybridized carbons (Fsp3) is 0.158. The van der Waals surface area contributed by atoms with Crippen LogP contribution in [0.3, 0.4) is 0 Å². The average Bonchev–Trinajstić information content (AvgIpc) is 3.03. The van der Waals surface area contributed by atoms with Crippen molar-refractivity contribution >= 4 is 37.5 Å². The van der Waals surface area contributed by atoms with Gasteiger partial charge in [-0.05, 0) is 42.5 Å². The molecule has 1 heterocycles. The third kappa shape index (κ3) is 4.83. The summed E-state index contributed by atoms with van der Waals surface area (Å²) in [7, 11) is -2.29. The summed E-state index contributed by atoms with van der Waals surface area (Å²) in [4.78, 5) is 16.7. The zero-order valence-corrected chi connectivity index (χ0v) is 17.0. The molecule has 1 aromatic heterocycles. The van der Waals surface area contributed by atoms with Gasteiger partial charge >= 0.3 is 0 Å². The summed E-state index contributed by atoms with van der Waals surface area (Å²) in [5.74, 6) is 3.17. The molecule has 3 aromatic rings. The summed E-state index contributed by atoms with van der Waals surface area (Å²) >= 11 is 1.14. The lowest BCUT2D eigenvalue weighted by atomic mass is 10.3. The SMILES string of the molecule is C#CCn1c(=NC(=O)COc2ccc(OC)cc2)sc2cc(S(N)(=O)=O)ccc21. The third-order valence-corrected chi connectivity index (χ3v) is 5.83. The molecule has 0 aliphatic heterocycles. The highest BCUT2D eigenvalue weighted by molar-refractivity contribution is 7.89. The van der Waals surface area contributed by atoms with Crippen LogP contribution in [0.5, 0.6) is 11.5 Å². The van der Waals surface area contributed by atoms with Crippen LogP contribution in [-0.2, 0) is 21.4 Å². The van der Waals surface area contributed by atoms with Gasteiger partial charge in [-0.15, -0.1) is 6.42 Å². The summed E-state index contributed by atoms with van der Waals surface area (Å²) in [5, 5.41) is 5.18. The fourth-order valence-electron chi connectivity index (χ4n) is 2.52. The minimum atomic E-state index is -3.85. The Balaban J connectivity index is 1.89. The molecule has 29 heavy (non-hydrogen) atoms. The molecular weight excluding hydrogens is 414 g/mol. The summed E-state index contributed by atoms with van der Waals surface area (Å²) < 4.78 is 35.9. The van der Waals surface area contributed by atoms with E-state index in [-0.39, 0.29) is 18.0 Å². The van der Waals surface area contributed by atoms with E-state index in [9.17, 15) is 13.2 Å². The van der Waals surface area contributed by atoms with Gasteiger partial charge in [0.25, 0.3) is 5.91 Å². The fourth-order valence-corrected chi connectivity index (χ4v) is 4.22. The number of carbonyl (C=O) groups is 1. The number of nitrogens with zero attached hydrogens (tertiary/aromatic N) is 2. The number of rotatable bonds is 6. The number of nitrogens with two attached hydrogens (primary N) is 1. The number of primary sulfonamides is 1. The normalized spacial score (nSPS) is 12.0. The van der Waals surface area contributed by atoms with Crippen LogP contribution in [0.15, 0.2) is 52.4 Å². The second kappa shape index (κ2) is 8.48. The van der Waals surface area contributed by atoms with Crippen molar-refractivity contribution in [3.63, 3.8) is 0 Å². The van der Waals surface area contributed by atoms with Crippen molar-refractivity contribution < 1.29 is 22.7 Å². The number of methoxy groups -OCH3 is 1. The molecule has 8 nitrogen and oxygen atoms in total. The smallest absolute Gasteiger partial charge is 0.286 e. The zero-order valence-electron chi connectivity index (χ0n) is 15.4. The molecular formula is C19H17N3O5S2. The van der Waals surface area contributed by atoms with Crippen LogP contribution in [0.1, 0.15) is 0 Å². The van der Waals surface area contributed by atoms with Gasteiger partial charge in [0, 0.05) is 0 Å². The van der Waals surface area contributed by atoms with Crippen LogP contribution in [-0.4, -0.2) is 32.6 Å². The van der Waals surface area contributed by atoms with E-state index in [2.05, 4.69) is 10.9 Å². The molecule has 0 spiro atoms. The first-order valence-corrected chi connectivity index (χ1v) is 10.6. The Morgan fingerprint density at radius 3 is 2.55 bits per heavy atom. The monoisotopic (exact) mass is 431 g/mol. The number of fused-ring (bicyclic) bond motifs is 1. The minimum absolute atomic E-state index is 0.0279. The molecule has 2 aromatic carbocycles. The lowest BCUT2D eigenvalue weighted by Crippen LogP contribution is -2.19. The summed E-state index contributed by atoms with van der Waals surface area (Å²) in [6.07, 6.45) is 5.42. The molecule has 0 fully saturated rings. The second-order valence-electron chi connectivity index (χ2n) is 5.82. The van der Waals surface area contributed by atoms with Crippen molar-refractivity contribution in [2.24, 2.45) is 10.1 Å². The van der Waals surface area contributed by atoms with Crippen LogP contribution < -0.4 is 19.4 Å². The van der Waals surface area contributed by atoms with E-state index in [0.717, 1.165) is 11.3 Å². The van der Waals surface area contributed by atoms with Crippen LogP contribution in [0.4, 0.5) is 0 Å². The molecule has 0 radical (unpaired) electrons. The van der Waals surface area contributed by atoms with Gasteiger partial charge in [0.2, 0.25) is 10.0 Å². The predicted molar refractivity (Wildman–Crippen MR) is 109 cm³/mol. The van der Waals surface area contributed by atoms with E-state index >= 15 is 0 Å². The number of benzene rings is 2. The van der Waals surface area contributed by atoms with Gasteiger partial charge in [-0.3, -0.25) is 4.79 Å². The first-order chi connectivity index (χ1) is 13.8. The Kier molecular flexibility index (Phi) is 6.03. The molecule has 0 aliphatic carbocycles. The standard InChI is InChI=1S/C19H17N3O5S2/c1-3-10-22-16-9-8-15(29(20,24)25)11-17(16)28-19(22)21-18(23)12-27-14-6-4-13(26-2)5-7-14/h1,4-9,11H,10,12H2,2H3,(H2,20,24,25). The summed E-state index contributed by atoms with van der Waals surface area (Å²) in [5.41, 5.74) is 0.656. The van der Waals surface area contributed by atoms with E-state index in [1.807, 2.05) is 0 Å². The Morgan fingerprint density at radius 2 is 1.93 bits per heavy atom. The van der Waals surface area contributed by atoms with E-state index in [0.29, 0.717) is 26.5 Å². The van der Waals surface area contributed by atoms with Crippen molar-refractivity contribution in [3.8, 4) is 23.8 Å². The van der Waals surface area contributed by atoms with Crippen LogP contribution in [0.25, 0.3) is 10.2 Å². The number of sulfonamides is 1. The van der Waals surface area contributed by atoms with Gasteiger partial charge in [0.1, 0.15) is 11.5 Å². The zero-order chi connectivity index (χ0) is 21.0. The van der Waals surface area contributed by atoms with E-state index in [1.165, 1.54) is 12.1 Å². The van der Waals surface area contributed by atoms with Crippen LogP contribution in [0, 0.1) is 12.3 Å². The van der Waals surface area contributed by atoms with Gasteiger partial charge in [-0.25, -0.2) is 13.6 Å². The topological polar surface area (TPSA) is 113 Å². The molecule has 10 heteroatoms. The molecule has 0 atom stereocenters. The van der Waals surface area contributed by atoms with Gasteiger partial charge < -0.3 is 14.0 Å². The molecule has 3 rings (SSSR count). The van der Waals surface area contributed by atoms with Crippen LogP contribution in [0.2, 0.25) is 0 Å². The van der Waals surface area contributed by atoms with Gasteiger partial charge in [-0.1, -0.05) is 17.3 Å². The molecule has 0 saturated carbocycles. The van der Waals surface area contributed by atoms with Crippen molar-refractivity contribution in [2.45, 2.75) is 11.4 Å². The second-order valence-corrected chi connectivity index (χ2v) is 8.39. The van der Waals surface area contributed by atoms with E-state index < -0.39 is 15.9 Å². The first kappa shape index (κ1) is 20.6. The molecule has 0 unspecified atom stereocenters. The lowest BCUT2D eigenvalue weighted by Gasteiger charge is -2.04. The van der Waals surface area contributed by atoms with Crippen molar-refractivity contribution in [1.29, 1.82) is 0 Å². The number of amides is 1. The molecule has 2 N–H and O–H groups in total. The van der Waals surface area contributed by atoms with Crippen LogP contribution >= 0.6 is 11.3 Å². The number of terminal acetylenes is 1. The molecule has 0 bridgehead atoms. The number of hydrogen-bond donors (Lipinski definition) is 1. The maximum Gasteiger partial charge on any atom is 0.286 e. The van der Waals surface area contributed by atoms with Crippen molar-refractivity contribution in [1.82, 2.24) is 4.57 Å². The highest BCUT2D eigenvalue weighted by Crippen LogP contribution is 2.21. The van der Waals surface area contributed by atoms with E-state index in [4.69, 9.17) is 21.0 Å². The molecule has 1 amide bonds. The maximum atomic E-state index is 12.3. The van der Waals surface area contributed by atoms with E-state index in [1.54, 1.807) is 42.0 Å². The van der Waals surface area contributed by atoms with Gasteiger partial charge in [-0.2, -0.15) is 4.99 Å². The number of aromatic nitrogens is 1. The van der Waals surface area contributed by atoms with Gasteiger partial charge in [0.15, 0.2) is 11.4 Å². The summed E-state index contributed by atoms with van der Waals surface area (Å²) in [6.45, 7) is -0.0980. The molecule has 0 aliphatic rings. The highest BCUT2D eigenvalue weighted by Gasteiger charge is 2.13. The maximum absolute atomic E-state index is 12.3. The first-order valence-electron chi connectivity index (χ1n) is 8.26. The highest BCUT2D eigenvalue weighted by atomic mass is 32.2. The number of hydrogen-bond acceptors (Lipinski definition) is 6. The van der Waals surface area contributed by atoms with Crippen molar-refractivity contribution in [3.05, 3.63) is 47.3 Å². The molecule has 0 saturated heterocycles. The third-order valence-electron chi connectivity index (χ3n) is 3.87. The minimum Gasteiger partial charge on any atom is -0.497 e. The predicted octanol–water partition coefficient (Wildman–Crippen LogP) is 1.50. The summed E-state index contributed by atoms with van der Waals surface area (Å²) in [6, 6.07) is 11.2. The Hall–Kier alpha value is -3.13. The Bertz CT molecular complexity index is 1270. The van der Waals surface area contributed by atoms with Crippen molar-refractivity contribution in [2.75, 3.05) is 13.7 Å². The average molecular weight is 431 g/mol. The largest absolute Gasteiger partial charge is 0.497 e. The van der Waals surface area contributed by atoms with Gasteiger partial charge in [0.05, 0.1) is 28.8 Å². The number of carbonyl (C=O) groups excluding carboxylic acids is 1. The quantitative estimate of drug-likeness (QED) is 0.594. The number of thiazole rings is 1.